The highest BCUT2D eigenvalue weighted by Crippen LogP contribution is 2.39. The topological polar surface area (TPSA) is 89.3 Å². The average Bonchev–Trinajstić information content (AvgIpc) is 3.05. The Morgan fingerprint density at radius 3 is 2.72 bits per heavy atom. The first-order valence-corrected chi connectivity index (χ1v) is 8.93. The summed E-state index contributed by atoms with van der Waals surface area (Å²) in [5.41, 5.74) is 0.145. The number of carbonyl (C=O) groups excluding carboxylic acids is 1. The van der Waals surface area contributed by atoms with E-state index in [1.54, 1.807) is 25.1 Å². The number of urea groups is 1. The molecule has 1 aliphatic rings. The molecular formula is C18H20F4N4O3. The molecule has 0 radical (unpaired) electrons. The number of hydrogen-bond acceptors (Lipinski definition) is 5. The fourth-order valence-corrected chi connectivity index (χ4v) is 2.91. The first-order valence-electron chi connectivity index (χ1n) is 8.93. The van der Waals surface area contributed by atoms with Crippen molar-refractivity contribution in [1.82, 2.24) is 15.5 Å². The Hall–Kier alpha value is -2.69. The normalized spacial score (nSPS) is 15.8. The van der Waals surface area contributed by atoms with Crippen molar-refractivity contribution >= 4 is 11.7 Å². The summed E-state index contributed by atoms with van der Waals surface area (Å²) in [4.78, 5) is 16.6. The maximum Gasteiger partial charge on any atom is 0.330 e. The molecular weight excluding hydrogens is 396 g/mol. The van der Waals surface area contributed by atoms with Crippen LogP contribution >= 0.6 is 0 Å². The molecule has 1 aromatic heterocycles. The number of carbonyl (C=O) groups is 1. The van der Waals surface area contributed by atoms with E-state index >= 15 is 0 Å². The Morgan fingerprint density at radius 2 is 2.14 bits per heavy atom. The van der Waals surface area contributed by atoms with Gasteiger partial charge in [-0.05, 0) is 37.0 Å². The van der Waals surface area contributed by atoms with Gasteiger partial charge in [0.2, 0.25) is 5.89 Å². The van der Waals surface area contributed by atoms with E-state index in [0.29, 0.717) is 35.8 Å². The summed E-state index contributed by atoms with van der Waals surface area (Å²) in [5.74, 6) is -3.39. The summed E-state index contributed by atoms with van der Waals surface area (Å²) in [7, 11) is 0. The molecule has 2 N–H and O–H groups in total. The second-order valence-electron chi connectivity index (χ2n) is 6.91. The number of amides is 2. The minimum absolute atomic E-state index is 0.300. The van der Waals surface area contributed by atoms with Crippen LogP contribution in [0.15, 0.2) is 28.8 Å². The second-order valence-corrected chi connectivity index (χ2v) is 6.91. The largest absolute Gasteiger partial charge is 0.370 e. The Morgan fingerprint density at radius 1 is 1.38 bits per heavy atom. The first kappa shape index (κ1) is 21.0. The molecule has 1 saturated carbocycles. The highest BCUT2D eigenvalue weighted by molar-refractivity contribution is 5.90. The number of rotatable bonds is 8. The Kier molecular flexibility index (Phi) is 6.06. The SMILES string of the molecule is Cc1nc(C2(NC(=O)Nc3cccc(COCC(F)(F)C(F)F)c3)CCC2)no1. The lowest BCUT2D eigenvalue weighted by atomic mass is 9.76. The molecule has 29 heavy (non-hydrogen) atoms. The van der Waals surface area contributed by atoms with Crippen LogP contribution in [0.4, 0.5) is 28.0 Å². The van der Waals surface area contributed by atoms with Crippen LogP contribution in [-0.2, 0) is 16.9 Å². The van der Waals surface area contributed by atoms with Gasteiger partial charge in [-0.25, -0.2) is 13.6 Å². The molecule has 7 nitrogen and oxygen atoms in total. The van der Waals surface area contributed by atoms with Gasteiger partial charge in [0.25, 0.3) is 0 Å². The molecule has 11 heteroatoms. The zero-order valence-electron chi connectivity index (χ0n) is 15.6. The van der Waals surface area contributed by atoms with Crippen LogP contribution in [0.25, 0.3) is 0 Å². The third kappa shape index (κ3) is 5.03. The van der Waals surface area contributed by atoms with E-state index in [9.17, 15) is 22.4 Å². The van der Waals surface area contributed by atoms with E-state index < -0.39 is 30.5 Å². The van der Waals surface area contributed by atoms with Gasteiger partial charge in [-0.2, -0.15) is 13.8 Å². The average molecular weight is 416 g/mol. The molecule has 158 valence electrons. The van der Waals surface area contributed by atoms with Crippen molar-refractivity contribution < 1.29 is 31.6 Å². The van der Waals surface area contributed by atoms with Crippen molar-refractivity contribution in [3.8, 4) is 0 Å². The van der Waals surface area contributed by atoms with Crippen LogP contribution in [-0.4, -0.2) is 35.1 Å². The van der Waals surface area contributed by atoms with Crippen molar-refractivity contribution in [3.05, 3.63) is 41.5 Å². The number of aromatic nitrogens is 2. The molecule has 1 fully saturated rings. The number of ether oxygens (including phenoxy) is 1. The van der Waals surface area contributed by atoms with Crippen LogP contribution in [0, 0.1) is 6.92 Å². The van der Waals surface area contributed by atoms with Gasteiger partial charge in [-0.3, -0.25) is 0 Å². The predicted molar refractivity (Wildman–Crippen MR) is 93.8 cm³/mol. The zero-order chi connectivity index (χ0) is 21.1. The van der Waals surface area contributed by atoms with Crippen molar-refractivity contribution in [1.29, 1.82) is 0 Å². The number of alkyl halides is 4. The van der Waals surface area contributed by atoms with E-state index in [2.05, 4.69) is 25.5 Å². The maximum absolute atomic E-state index is 12.9. The summed E-state index contributed by atoms with van der Waals surface area (Å²) < 4.78 is 59.7. The molecule has 0 atom stereocenters. The lowest BCUT2D eigenvalue weighted by Crippen LogP contribution is -2.52. The van der Waals surface area contributed by atoms with Gasteiger partial charge in [0.15, 0.2) is 5.82 Å². The molecule has 0 saturated heterocycles. The molecule has 3 rings (SSSR count). The van der Waals surface area contributed by atoms with Gasteiger partial charge in [-0.15, -0.1) is 0 Å². The molecule has 0 aliphatic heterocycles. The zero-order valence-corrected chi connectivity index (χ0v) is 15.6. The van der Waals surface area contributed by atoms with Gasteiger partial charge in [0, 0.05) is 12.6 Å². The van der Waals surface area contributed by atoms with Crippen molar-refractivity contribution in [2.24, 2.45) is 0 Å². The van der Waals surface area contributed by atoms with Gasteiger partial charge in [0.1, 0.15) is 12.1 Å². The Labute approximate surface area is 163 Å². The Bertz CT molecular complexity index is 855. The molecule has 1 heterocycles. The summed E-state index contributed by atoms with van der Waals surface area (Å²) in [6.07, 6.45) is -1.54. The number of hydrogen-bond donors (Lipinski definition) is 2. The third-order valence-electron chi connectivity index (χ3n) is 4.58. The van der Waals surface area contributed by atoms with E-state index in [-0.39, 0.29) is 6.61 Å². The van der Waals surface area contributed by atoms with Crippen molar-refractivity contribution in [2.75, 3.05) is 11.9 Å². The smallest absolute Gasteiger partial charge is 0.330 e. The second kappa shape index (κ2) is 8.36. The summed E-state index contributed by atoms with van der Waals surface area (Å²) in [5, 5.41) is 9.39. The quantitative estimate of drug-likeness (QED) is 0.635. The van der Waals surface area contributed by atoms with Gasteiger partial charge >= 0.3 is 18.4 Å². The van der Waals surface area contributed by atoms with Gasteiger partial charge < -0.3 is 19.9 Å². The molecule has 0 bridgehead atoms. The van der Waals surface area contributed by atoms with Crippen LogP contribution in [0.2, 0.25) is 0 Å². The molecule has 2 amide bonds. The number of nitrogens with one attached hydrogen (secondary N) is 2. The third-order valence-corrected chi connectivity index (χ3v) is 4.58. The lowest BCUT2D eigenvalue weighted by Gasteiger charge is -2.39. The standard InChI is InChI=1S/C18H20F4N4O3/c1-11-23-15(26-29-11)17(6-3-7-17)25-16(27)24-13-5-2-4-12(8-13)9-28-10-18(21,22)14(19)20/h2,4-5,8,14H,3,6-7,9-10H2,1H3,(H2,24,25,27). The van der Waals surface area contributed by atoms with E-state index in [4.69, 9.17) is 4.52 Å². The highest BCUT2D eigenvalue weighted by Gasteiger charge is 2.44. The highest BCUT2D eigenvalue weighted by atomic mass is 19.3. The Balaban J connectivity index is 1.56. The van der Waals surface area contributed by atoms with E-state index in [1.165, 1.54) is 6.07 Å². The summed E-state index contributed by atoms with van der Waals surface area (Å²) in [6.45, 7) is -0.0331. The molecule has 0 spiro atoms. The monoisotopic (exact) mass is 416 g/mol. The number of nitrogens with zero attached hydrogens (tertiary/aromatic N) is 2. The van der Waals surface area contributed by atoms with Crippen LogP contribution in [0.3, 0.4) is 0 Å². The molecule has 2 aromatic rings. The number of halogens is 4. The summed E-state index contributed by atoms with van der Waals surface area (Å²) >= 11 is 0. The maximum atomic E-state index is 12.9. The van der Waals surface area contributed by atoms with Gasteiger partial charge in [-0.1, -0.05) is 17.3 Å². The fraction of sp³-hybridized carbons (Fsp3) is 0.500. The fourth-order valence-electron chi connectivity index (χ4n) is 2.91. The van der Waals surface area contributed by atoms with E-state index in [1.807, 2.05) is 0 Å². The van der Waals surface area contributed by atoms with Crippen LogP contribution in [0.1, 0.15) is 36.5 Å². The first-order chi connectivity index (χ1) is 13.7. The number of benzene rings is 1. The molecule has 0 unspecified atom stereocenters. The van der Waals surface area contributed by atoms with E-state index in [0.717, 1.165) is 6.42 Å². The number of aryl methyl sites for hydroxylation is 1. The summed E-state index contributed by atoms with van der Waals surface area (Å²) in [6, 6.07) is 5.77. The number of anilines is 1. The lowest BCUT2D eigenvalue weighted by molar-refractivity contribution is -0.168. The van der Waals surface area contributed by atoms with Crippen molar-refractivity contribution in [3.63, 3.8) is 0 Å². The molecule has 1 aromatic carbocycles. The molecule has 1 aliphatic carbocycles. The minimum Gasteiger partial charge on any atom is -0.370 e. The predicted octanol–water partition coefficient (Wildman–Crippen LogP) is 4.00. The van der Waals surface area contributed by atoms with Crippen LogP contribution < -0.4 is 10.6 Å². The van der Waals surface area contributed by atoms with Gasteiger partial charge in [0.05, 0.1) is 6.61 Å². The van der Waals surface area contributed by atoms with Crippen LogP contribution in [0.5, 0.6) is 0 Å². The minimum atomic E-state index is -4.21. The van der Waals surface area contributed by atoms with Crippen molar-refractivity contribution in [2.45, 2.75) is 50.7 Å².